The van der Waals surface area contributed by atoms with E-state index in [0.29, 0.717) is 10.0 Å². The van der Waals surface area contributed by atoms with Gasteiger partial charge in [-0.3, -0.25) is 0 Å². The van der Waals surface area contributed by atoms with Crippen molar-refractivity contribution in [3.8, 4) is 11.3 Å². The zero-order valence-electron chi connectivity index (χ0n) is 12.1. The summed E-state index contributed by atoms with van der Waals surface area (Å²) in [5, 5.41) is 0. The van der Waals surface area contributed by atoms with E-state index >= 15 is 0 Å². The Labute approximate surface area is 98.2 Å². The molecule has 0 aliphatic rings. The van der Waals surface area contributed by atoms with Gasteiger partial charge in [-0.05, 0) is 19.0 Å². The summed E-state index contributed by atoms with van der Waals surface area (Å²) in [6, 6.07) is 6.81. The van der Waals surface area contributed by atoms with Crippen molar-refractivity contribution in [2.24, 2.45) is 0 Å². The Hall–Kier alpha value is -1.22. The molecule has 0 saturated carbocycles. The smallest absolute Gasteiger partial charge is 0.125 e. The van der Waals surface area contributed by atoms with Crippen molar-refractivity contribution in [2.75, 3.05) is 0 Å². The Kier molecular flexibility index (Phi) is 1.39. The molecule has 1 aromatic heterocycles. The van der Waals surface area contributed by atoms with E-state index in [4.69, 9.17) is 6.85 Å². The standard InChI is InChI=1S/C11H9BrN2/c1-8-13-7-6-11(14-8)9-4-2-3-5-10(9)12/h2-7H,1H3/i1D3,6D,7D. The SMILES string of the molecule is [2H]c1nc(C([2H])([2H])[2H])nc(-c2ccccc2Br)c1[2H]. The zero-order chi connectivity index (χ0) is 14.2. The molecule has 70 valence electrons. The molecule has 0 fully saturated rings. The van der Waals surface area contributed by atoms with Gasteiger partial charge in [0.15, 0.2) is 0 Å². The van der Waals surface area contributed by atoms with Crippen LogP contribution in [0.2, 0.25) is 0 Å². The molecular formula is C11H9BrN2. The van der Waals surface area contributed by atoms with Crippen molar-refractivity contribution in [1.82, 2.24) is 9.97 Å². The van der Waals surface area contributed by atoms with Gasteiger partial charge in [-0.15, -0.1) is 0 Å². The minimum atomic E-state index is -2.50. The summed E-state index contributed by atoms with van der Waals surface area (Å²) < 4.78 is 38.0. The van der Waals surface area contributed by atoms with Gasteiger partial charge in [-0.1, -0.05) is 34.1 Å². The summed E-state index contributed by atoms with van der Waals surface area (Å²) in [5.41, 5.74) is 0.701. The quantitative estimate of drug-likeness (QED) is 0.780. The third-order valence-corrected chi connectivity index (χ3v) is 2.37. The second-order valence-electron chi connectivity index (χ2n) is 2.61. The van der Waals surface area contributed by atoms with E-state index in [-0.39, 0.29) is 11.7 Å². The van der Waals surface area contributed by atoms with E-state index in [9.17, 15) is 0 Å². The van der Waals surface area contributed by atoms with Crippen molar-refractivity contribution >= 4 is 15.9 Å². The lowest BCUT2D eigenvalue weighted by atomic mass is 10.1. The van der Waals surface area contributed by atoms with Crippen molar-refractivity contribution in [3.05, 3.63) is 46.8 Å². The molecule has 2 rings (SSSR count). The van der Waals surface area contributed by atoms with Crippen LogP contribution in [0.3, 0.4) is 0 Å². The van der Waals surface area contributed by atoms with Gasteiger partial charge in [0, 0.05) is 20.3 Å². The highest BCUT2D eigenvalue weighted by Gasteiger charge is 2.02. The Morgan fingerprint density at radius 2 is 2.29 bits per heavy atom. The summed E-state index contributed by atoms with van der Waals surface area (Å²) in [4.78, 5) is 7.47. The molecular weight excluding hydrogens is 240 g/mol. The largest absolute Gasteiger partial charge is 0.242 e. The molecule has 0 aliphatic heterocycles. The first kappa shape index (κ1) is 5.03. The van der Waals surface area contributed by atoms with E-state index in [1.807, 2.05) is 0 Å². The van der Waals surface area contributed by atoms with Crippen molar-refractivity contribution < 1.29 is 6.85 Å². The van der Waals surface area contributed by atoms with Gasteiger partial charge in [0.2, 0.25) is 0 Å². The molecule has 1 heterocycles. The highest BCUT2D eigenvalue weighted by atomic mass is 79.9. The third kappa shape index (κ3) is 1.82. The van der Waals surface area contributed by atoms with Crippen LogP contribution in [-0.4, -0.2) is 9.97 Å². The van der Waals surface area contributed by atoms with Crippen molar-refractivity contribution in [2.45, 2.75) is 6.85 Å². The Balaban J connectivity index is 2.70. The monoisotopic (exact) mass is 253 g/mol. The van der Waals surface area contributed by atoms with Crippen LogP contribution in [0, 0.1) is 6.85 Å². The maximum atomic E-state index is 7.81. The molecule has 2 aromatic rings. The number of hydrogen-bond acceptors (Lipinski definition) is 2. The highest BCUT2D eigenvalue weighted by molar-refractivity contribution is 9.10. The topological polar surface area (TPSA) is 25.8 Å². The van der Waals surface area contributed by atoms with Gasteiger partial charge in [0.05, 0.1) is 8.44 Å². The van der Waals surface area contributed by atoms with E-state index < -0.39 is 18.8 Å². The van der Waals surface area contributed by atoms with Crippen molar-refractivity contribution in [3.63, 3.8) is 0 Å². The maximum Gasteiger partial charge on any atom is 0.125 e. The van der Waals surface area contributed by atoms with Crippen LogP contribution in [0.25, 0.3) is 11.3 Å². The number of benzene rings is 1. The summed E-state index contributed by atoms with van der Waals surface area (Å²) in [5.74, 6) is -0.417. The van der Waals surface area contributed by atoms with E-state index in [1.54, 1.807) is 24.3 Å². The molecule has 0 bridgehead atoms. The maximum absolute atomic E-state index is 7.81. The second kappa shape index (κ2) is 3.88. The third-order valence-electron chi connectivity index (χ3n) is 1.68. The molecule has 0 unspecified atom stereocenters. The number of aromatic nitrogens is 2. The molecule has 0 aliphatic carbocycles. The summed E-state index contributed by atoms with van der Waals surface area (Å²) in [6.07, 6.45) is -0.396. The first-order valence-electron chi connectivity index (χ1n) is 6.41. The van der Waals surface area contributed by atoms with Crippen LogP contribution in [0.15, 0.2) is 41.0 Å². The van der Waals surface area contributed by atoms with E-state index in [1.165, 1.54) is 0 Å². The molecule has 0 amide bonds. The Morgan fingerprint density at radius 1 is 1.43 bits per heavy atom. The molecule has 0 atom stereocenters. The fourth-order valence-corrected chi connectivity index (χ4v) is 1.55. The van der Waals surface area contributed by atoms with Gasteiger partial charge < -0.3 is 0 Å². The molecule has 14 heavy (non-hydrogen) atoms. The van der Waals surface area contributed by atoms with Crippen LogP contribution in [0.5, 0.6) is 0 Å². The number of nitrogens with zero attached hydrogens (tertiary/aromatic N) is 2. The summed E-state index contributed by atoms with van der Waals surface area (Å²) in [6.45, 7) is -2.50. The van der Waals surface area contributed by atoms with Gasteiger partial charge in [-0.2, -0.15) is 0 Å². The fourth-order valence-electron chi connectivity index (χ4n) is 1.07. The Morgan fingerprint density at radius 3 is 3.07 bits per heavy atom. The van der Waals surface area contributed by atoms with Gasteiger partial charge in [0.1, 0.15) is 5.82 Å². The predicted molar refractivity (Wildman–Crippen MR) is 59.9 cm³/mol. The number of aryl methyl sites for hydroxylation is 1. The average molecular weight is 254 g/mol. The number of halogens is 1. The van der Waals surface area contributed by atoms with E-state index in [0.717, 1.165) is 0 Å². The lowest BCUT2D eigenvalue weighted by Crippen LogP contribution is -1.90. The molecule has 0 radical (unpaired) electrons. The van der Waals surface area contributed by atoms with Crippen LogP contribution in [-0.2, 0) is 0 Å². The van der Waals surface area contributed by atoms with Crippen LogP contribution in [0.4, 0.5) is 0 Å². The van der Waals surface area contributed by atoms with Gasteiger partial charge >= 0.3 is 0 Å². The molecule has 3 heteroatoms. The minimum absolute atomic E-state index is 0.138. The first-order chi connectivity index (χ1) is 8.80. The lowest BCUT2D eigenvalue weighted by molar-refractivity contribution is 1.06. The van der Waals surface area contributed by atoms with Crippen molar-refractivity contribution in [1.29, 1.82) is 0 Å². The predicted octanol–water partition coefficient (Wildman–Crippen LogP) is 3.21. The average Bonchev–Trinajstić information content (AvgIpc) is 2.32. The number of hydrogen-bond donors (Lipinski definition) is 0. The van der Waals surface area contributed by atoms with Gasteiger partial charge in [-0.25, -0.2) is 9.97 Å². The molecule has 0 spiro atoms. The molecule has 2 nitrogen and oxygen atoms in total. The lowest BCUT2D eigenvalue weighted by Gasteiger charge is -2.03. The molecule has 1 aromatic carbocycles. The van der Waals surface area contributed by atoms with Crippen LogP contribution < -0.4 is 0 Å². The molecule has 0 saturated heterocycles. The number of rotatable bonds is 1. The second-order valence-corrected chi connectivity index (χ2v) is 3.47. The van der Waals surface area contributed by atoms with Crippen LogP contribution >= 0.6 is 15.9 Å². The molecule has 0 N–H and O–H groups in total. The Bertz CT molecular complexity index is 627. The van der Waals surface area contributed by atoms with E-state index in [2.05, 4.69) is 25.9 Å². The van der Waals surface area contributed by atoms with Gasteiger partial charge in [0.25, 0.3) is 0 Å². The minimum Gasteiger partial charge on any atom is -0.242 e. The van der Waals surface area contributed by atoms with Crippen LogP contribution in [0.1, 0.15) is 12.7 Å². The zero-order valence-corrected chi connectivity index (χ0v) is 8.67. The normalized spacial score (nSPS) is 16.2. The fraction of sp³-hybridized carbons (Fsp3) is 0.0909. The summed E-state index contributed by atoms with van der Waals surface area (Å²) in [7, 11) is 0. The highest BCUT2D eigenvalue weighted by Crippen LogP contribution is 2.25. The first-order valence-corrected chi connectivity index (χ1v) is 4.70. The summed E-state index contributed by atoms with van der Waals surface area (Å²) >= 11 is 3.32.